The first kappa shape index (κ1) is 35.7. The highest BCUT2D eigenvalue weighted by Gasteiger charge is 2.37. The molecule has 1 nitrogen and oxygen atoms in total. The van der Waals surface area contributed by atoms with Crippen LogP contribution in [0.15, 0.2) is 224 Å². The second-order valence-corrected chi connectivity index (χ2v) is 16.5. The SMILES string of the molecule is CC1(C)c2ccccc2-c2c(-c3ccccc3N(c3ccc(-c4cccc5cccc(-c6ccccc6)c45)cc3)c3cccc(-c4cccc5ccccc45)c3)cccc21. The Kier molecular flexibility index (Phi) is 8.57. The van der Waals surface area contributed by atoms with Gasteiger partial charge in [-0.15, -0.1) is 0 Å². The standard InChI is InChI=1S/C59H43N/c1-59(2)54-32-10-8-27-53(54)58-52(31-16-33-55(58)59)51-26-9-11-34-56(51)60(46-24-12-23-44(39-46)48-28-13-20-40-19-6-7-25-47(40)48)45-37-35-42(36-38-45)50-30-15-22-43-21-14-29-49(57(43)50)41-17-4-3-5-18-41/h3-39H,1-2H3. The maximum atomic E-state index is 2.46. The lowest BCUT2D eigenvalue weighted by molar-refractivity contribution is 0.660. The van der Waals surface area contributed by atoms with Gasteiger partial charge in [-0.3, -0.25) is 0 Å². The van der Waals surface area contributed by atoms with Gasteiger partial charge < -0.3 is 4.90 Å². The summed E-state index contributed by atoms with van der Waals surface area (Å²) in [6, 6.07) is 82.4. The summed E-state index contributed by atoms with van der Waals surface area (Å²) in [5.41, 5.74) is 18.4. The van der Waals surface area contributed by atoms with Gasteiger partial charge in [-0.05, 0) is 113 Å². The van der Waals surface area contributed by atoms with Gasteiger partial charge in [0.1, 0.15) is 0 Å². The zero-order valence-electron chi connectivity index (χ0n) is 33.8. The molecule has 10 aromatic rings. The highest BCUT2D eigenvalue weighted by atomic mass is 15.1. The number of rotatable bonds is 7. The molecule has 11 rings (SSSR count). The lowest BCUT2D eigenvalue weighted by Gasteiger charge is -2.29. The summed E-state index contributed by atoms with van der Waals surface area (Å²) in [5, 5.41) is 4.99. The minimum atomic E-state index is -0.0961. The number of para-hydroxylation sites is 1. The van der Waals surface area contributed by atoms with Crippen LogP contribution in [0.2, 0.25) is 0 Å². The Morgan fingerprint density at radius 1 is 0.333 bits per heavy atom. The molecule has 0 radical (unpaired) electrons. The number of hydrogen-bond acceptors (Lipinski definition) is 1. The van der Waals surface area contributed by atoms with Gasteiger partial charge in [0, 0.05) is 22.4 Å². The second-order valence-electron chi connectivity index (χ2n) is 16.5. The topological polar surface area (TPSA) is 3.24 Å². The molecule has 284 valence electrons. The second kappa shape index (κ2) is 14.4. The molecule has 0 bridgehead atoms. The van der Waals surface area contributed by atoms with Gasteiger partial charge in [0.05, 0.1) is 5.69 Å². The molecule has 0 aliphatic heterocycles. The van der Waals surface area contributed by atoms with Crippen LogP contribution in [-0.4, -0.2) is 0 Å². The van der Waals surface area contributed by atoms with Gasteiger partial charge in [-0.1, -0.05) is 208 Å². The molecule has 0 heterocycles. The van der Waals surface area contributed by atoms with Gasteiger partial charge in [0.2, 0.25) is 0 Å². The maximum Gasteiger partial charge on any atom is 0.0540 e. The Hall–Kier alpha value is -7.48. The van der Waals surface area contributed by atoms with Crippen LogP contribution in [0.5, 0.6) is 0 Å². The lowest BCUT2D eigenvalue weighted by Crippen LogP contribution is -2.14. The van der Waals surface area contributed by atoms with Crippen molar-refractivity contribution in [3.63, 3.8) is 0 Å². The van der Waals surface area contributed by atoms with E-state index in [0.717, 1.165) is 17.1 Å². The molecular weight excluding hydrogens is 723 g/mol. The largest absolute Gasteiger partial charge is 0.310 e. The summed E-state index contributed by atoms with van der Waals surface area (Å²) >= 11 is 0. The molecule has 0 unspecified atom stereocenters. The molecule has 0 N–H and O–H groups in total. The van der Waals surface area contributed by atoms with E-state index in [-0.39, 0.29) is 5.41 Å². The summed E-state index contributed by atoms with van der Waals surface area (Å²) < 4.78 is 0. The van der Waals surface area contributed by atoms with Crippen LogP contribution in [0.25, 0.3) is 77.2 Å². The molecule has 0 saturated heterocycles. The van der Waals surface area contributed by atoms with E-state index in [1.807, 2.05) is 0 Å². The number of hydrogen-bond donors (Lipinski definition) is 0. The van der Waals surface area contributed by atoms with E-state index in [1.54, 1.807) is 0 Å². The van der Waals surface area contributed by atoms with Crippen LogP contribution in [0.1, 0.15) is 25.0 Å². The molecule has 1 heteroatoms. The Morgan fingerprint density at radius 2 is 0.867 bits per heavy atom. The zero-order chi connectivity index (χ0) is 40.2. The molecule has 1 aliphatic carbocycles. The highest BCUT2D eigenvalue weighted by molar-refractivity contribution is 6.07. The summed E-state index contributed by atoms with van der Waals surface area (Å²) in [7, 11) is 0. The van der Waals surface area contributed by atoms with Crippen molar-refractivity contribution in [2.75, 3.05) is 4.90 Å². The third-order valence-corrected chi connectivity index (χ3v) is 12.7. The average molecular weight is 766 g/mol. The van der Waals surface area contributed by atoms with Gasteiger partial charge in [-0.25, -0.2) is 0 Å². The summed E-state index contributed by atoms with van der Waals surface area (Å²) in [4.78, 5) is 2.46. The van der Waals surface area contributed by atoms with Crippen molar-refractivity contribution in [3.8, 4) is 55.6 Å². The third-order valence-electron chi connectivity index (χ3n) is 12.7. The Balaban J connectivity index is 1.11. The van der Waals surface area contributed by atoms with E-state index in [2.05, 4.69) is 243 Å². The van der Waals surface area contributed by atoms with E-state index in [0.29, 0.717) is 0 Å². The summed E-state index contributed by atoms with van der Waals surface area (Å²) in [5.74, 6) is 0. The van der Waals surface area contributed by atoms with Crippen LogP contribution in [-0.2, 0) is 5.41 Å². The molecule has 1 aliphatic rings. The predicted octanol–water partition coefficient (Wildman–Crippen LogP) is 16.4. The minimum absolute atomic E-state index is 0.0961. The molecule has 0 saturated carbocycles. The number of anilines is 3. The zero-order valence-corrected chi connectivity index (χ0v) is 33.8. The fourth-order valence-electron chi connectivity index (χ4n) is 9.82. The first-order valence-corrected chi connectivity index (χ1v) is 20.9. The van der Waals surface area contributed by atoms with E-state index < -0.39 is 0 Å². The molecule has 60 heavy (non-hydrogen) atoms. The quantitative estimate of drug-likeness (QED) is 0.156. The molecule has 0 amide bonds. The monoisotopic (exact) mass is 765 g/mol. The fourth-order valence-corrected chi connectivity index (χ4v) is 9.82. The van der Waals surface area contributed by atoms with E-state index in [9.17, 15) is 0 Å². The number of nitrogens with zero attached hydrogens (tertiary/aromatic N) is 1. The van der Waals surface area contributed by atoms with Crippen molar-refractivity contribution in [3.05, 3.63) is 236 Å². The molecule has 0 fully saturated rings. The van der Waals surface area contributed by atoms with Crippen molar-refractivity contribution in [2.24, 2.45) is 0 Å². The number of benzene rings is 10. The van der Waals surface area contributed by atoms with Gasteiger partial charge >= 0.3 is 0 Å². The van der Waals surface area contributed by atoms with Crippen LogP contribution in [0.3, 0.4) is 0 Å². The normalized spacial score (nSPS) is 12.6. The molecule has 0 spiro atoms. The molecule has 0 aromatic heterocycles. The smallest absolute Gasteiger partial charge is 0.0540 e. The van der Waals surface area contributed by atoms with E-state index in [4.69, 9.17) is 0 Å². The third kappa shape index (κ3) is 5.85. The predicted molar refractivity (Wildman–Crippen MR) is 255 cm³/mol. The summed E-state index contributed by atoms with van der Waals surface area (Å²) in [6.07, 6.45) is 0. The van der Waals surface area contributed by atoms with Gasteiger partial charge in [0.15, 0.2) is 0 Å². The first-order chi connectivity index (χ1) is 29.5. The summed E-state index contributed by atoms with van der Waals surface area (Å²) in [6.45, 7) is 4.72. The van der Waals surface area contributed by atoms with Crippen molar-refractivity contribution >= 4 is 38.6 Å². The maximum absolute atomic E-state index is 2.46. The fraction of sp³-hybridized carbons (Fsp3) is 0.0508. The van der Waals surface area contributed by atoms with Crippen LogP contribution in [0, 0.1) is 0 Å². The molecule has 0 atom stereocenters. The lowest BCUT2D eigenvalue weighted by atomic mass is 9.82. The Labute approximate surface area is 352 Å². The van der Waals surface area contributed by atoms with Gasteiger partial charge in [0.25, 0.3) is 0 Å². The number of fused-ring (bicyclic) bond motifs is 5. The van der Waals surface area contributed by atoms with E-state index in [1.165, 1.54) is 88.3 Å². The molecular formula is C59H43N. The van der Waals surface area contributed by atoms with Crippen molar-refractivity contribution in [1.29, 1.82) is 0 Å². The first-order valence-electron chi connectivity index (χ1n) is 20.9. The molecule has 10 aromatic carbocycles. The highest BCUT2D eigenvalue weighted by Crippen LogP contribution is 2.54. The van der Waals surface area contributed by atoms with Crippen LogP contribution in [0.4, 0.5) is 17.1 Å². The van der Waals surface area contributed by atoms with Crippen LogP contribution >= 0.6 is 0 Å². The Morgan fingerprint density at radius 3 is 1.67 bits per heavy atom. The van der Waals surface area contributed by atoms with Crippen molar-refractivity contribution in [1.82, 2.24) is 0 Å². The van der Waals surface area contributed by atoms with E-state index >= 15 is 0 Å². The van der Waals surface area contributed by atoms with Gasteiger partial charge in [-0.2, -0.15) is 0 Å². The van der Waals surface area contributed by atoms with Crippen molar-refractivity contribution in [2.45, 2.75) is 19.3 Å². The van der Waals surface area contributed by atoms with Crippen LogP contribution < -0.4 is 4.90 Å². The Bertz CT molecular complexity index is 3220. The van der Waals surface area contributed by atoms with Crippen molar-refractivity contribution < 1.29 is 0 Å². The average Bonchev–Trinajstić information content (AvgIpc) is 3.55. The minimum Gasteiger partial charge on any atom is -0.310 e.